The number of aromatic nitrogens is 1. The number of anilines is 1. The van der Waals surface area contributed by atoms with Crippen molar-refractivity contribution in [1.82, 2.24) is 9.88 Å². The first-order chi connectivity index (χ1) is 14.5. The van der Waals surface area contributed by atoms with Gasteiger partial charge < -0.3 is 20.7 Å². The molecule has 160 valence electrons. The maximum Gasteiger partial charge on any atom is 0.118 e. The standard InChI is InChI=1S/C25H34N4O/c1-18-15-22-24(27-12-6-14-29(3)13-5-11-26)17-23(28-25(22)16-19(18)2)20-7-9-21(30-4)10-8-20/h7-10,15-17H,5-6,11-14,26H2,1-4H3,(H,27,28). The van der Waals surface area contributed by atoms with Crippen LogP contribution in [0, 0.1) is 13.8 Å². The minimum absolute atomic E-state index is 0.749. The van der Waals surface area contributed by atoms with Crippen molar-refractivity contribution in [1.29, 1.82) is 0 Å². The predicted molar refractivity (Wildman–Crippen MR) is 127 cm³/mol. The molecule has 0 aliphatic rings. The summed E-state index contributed by atoms with van der Waals surface area (Å²) >= 11 is 0. The van der Waals surface area contributed by atoms with Gasteiger partial charge in [-0.25, -0.2) is 4.98 Å². The van der Waals surface area contributed by atoms with Crippen LogP contribution in [0.3, 0.4) is 0 Å². The second-order valence-electron chi connectivity index (χ2n) is 7.96. The van der Waals surface area contributed by atoms with E-state index in [1.54, 1.807) is 7.11 Å². The molecule has 0 fully saturated rings. The zero-order valence-electron chi connectivity index (χ0n) is 18.7. The van der Waals surface area contributed by atoms with Crippen molar-refractivity contribution in [3.8, 4) is 17.0 Å². The van der Waals surface area contributed by atoms with Crippen LogP contribution in [0.2, 0.25) is 0 Å². The Balaban J connectivity index is 1.84. The zero-order valence-corrected chi connectivity index (χ0v) is 18.7. The van der Waals surface area contributed by atoms with E-state index in [0.717, 1.165) is 67.2 Å². The van der Waals surface area contributed by atoms with E-state index >= 15 is 0 Å². The number of hydrogen-bond acceptors (Lipinski definition) is 5. The van der Waals surface area contributed by atoms with Crippen LogP contribution in [0.4, 0.5) is 5.69 Å². The number of hydrogen-bond donors (Lipinski definition) is 2. The largest absolute Gasteiger partial charge is 0.497 e. The molecule has 0 aliphatic carbocycles. The molecule has 1 heterocycles. The Bertz CT molecular complexity index is 969. The van der Waals surface area contributed by atoms with Gasteiger partial charge >= 0.3 is 0 Å². The average molecular weight is 407 g/mol. The molecular formula is C25H34N4O. The van der Waals surface area contributed by atoms with Crippen LogP contribution in [-0.4, -0.2) is 50.2 Å². The molecule has 30 heavy (non-hydrogen) atoms. The molecule has 0 bridgehead atoms. The molecule has 3 rings (SSSR count). The lowest BCUT2D eigenvalue weighted by Gasteiger charge is -2.17. The molecule has 0 radical (unpaired) electrons. The molecule has 3 N–H and O–H groups in total. The predicted octanol–water partition coefficient (Wildman–Crippen LogP) is 4.61. The van der Waals surface area contributed by atoms with Gasteiger partial charge in [0.1, 0.15) is 5.75 Å². The third kappa shape index (κ3) is 5.49. The van der Waals surface area contributed by atoms with Crippen molar-refractivity contribution in [3.63, 3.8) is 0 Å². The minimum Gasteiger partial charge on any atom is -0.497 e. The maximum atomic E-state index is 5.61. The first-order valence-electron chi connectivity index (χ1n) is 10.7. The third-order valence-electron chi connectivity index (χ3n) is 5.59. The molecule has 5 nitrogen and oxygen atoms in total. The summed E-state index contributed by atoms with van der Waals surface area (Å²) < 4.78 is 5.29. The number of nitrogens with one attached hydrogen (secondary N) is 1. The Hall–Kier alpha value is -2.63. The van der Waals surface area contributed by atoms with Crippen molar-refractivity contribution in [2.75, 3.05) is 45.7 Å². The highest BCUT2D eigenvalue weighted by molar-refractivity contribution is 5.94. The van der Waals surface area contributed by atoms with E-state index in [2.05, 4.69) is 61.4 Å². The average Bonchev–Trinajstić information content (AvgIpc) is 2.76. The van der Waals surface area contributed by atoms with Crippen LogP contribution < -0.4 is 15.8 Å². The quantitative estimate of drug-likeness (QED) is 0.482. The summed E-state index contributed by atoms with van der Waals surface area (Å²) in [6.45, 7) is 8.07. The summed E-state index contributed by atoms with van der Waals surface area (Å²) in [4.78, 5) is 7.30. The summed E-state index contributed by atoms with van der Waals surface area (Å²) in [5.74, 6) is 0.850. The number of nitrogens with two attached hydrogens (primary N) is 1. The van der Waals surface area contributed by atoms with Crippen LogP contribution in [0.5, 0.6) is 5.75 Å². The number of nitrogens with zero attached hydrogens (tertiary/aromatic N) is 2. The molecule has 0 spiro atoms. The fraction of sp³-hybridized carbons (Fsp3) is 0.400. The van der Waals surface area contributed by atoms with Gasteiger partial charge in [-0.15, -0.1) is 0 Å². The number of fused-ring (bicyclic) bond motifs is 1. The van der Waals surface area contributed by atoms with E-state index in [-0.39, 0.29) is 0 Å². The molecule has 1 aromatic heterocycles. The Morgan fingerprint density at radius 1 is 1.00 bits per heavy atom. The van der Waals surface area contributed by atoms with Crippen molar-refractivity contribution < 1.29 is 4.74 Å². The topological polar surface area (TPSA) is 63.4 Å². The highest BCUT2D eigenvalue weighted by atomic mass is 16.5. The normalized spacial score (nSPS) is 11.3. The highest BCUT2D eigenvalue weighted by Gasteiger charge is 2.10. The molecule has 3 aromatic rings. The highest BCUT2D eigenvalue weighted by Crippen LogP contribution is 2.31. The second-order valence-corrected chi connectivity index (χ2v) is 7.96. The SMILES string of the molecule is COc1ccc(-c2cc(NCCCN(C)CCCN)c3cc(C)c(C)cc3n2)cc1. The Kier molecular flexibility index (Phi) is 7.66. The van der Waals surface area contributed by atoms with Gasteiger partial charge in [0.25, 0.3) is 0 Å². The van der Waals surface area contributed by atoms with Crippen molar-refractivity contribution >= 4 is 16.6 Å². The fourth-order valence-electron chi connectivity index (χ4n) is 3.59. The van der Waals surface area contributed by atoms with Gasteiger partial charge in [0, 0.05) is 23.2 Å². The molecule has 0 unspecified atom stereocenters. The summed E-state index contributed by atoms with van der Waals surface area (Å²) in [5, 5.41) is 4.84. The first kappa shape index (κ1) is 22.1. The first-order valence-corrected chi connectivity index (χ1v) is 10.7. The molecular weight excluding hydrogens is 372 g/mol. The van der Waals surface area contributed by atoms with Gasteiger partial charge in [-0.2, -0.15) is 0 Å². The second kappa shape index (κ2) is 10.4. The minimum atomic E-state index is 0.749. The van der Waals surface area contributed by atoms with E-state index in [1.165, 1.54) is 16.5 Å². The van der Waals surface area contributed by atoms with Gasteiger partial charge in [0.05, 0.1) is 18.3 Å². The van der Waals surface area contributed by atoms with Gasteiger partial charge in [-0.1, -0.05) is 0 Å². The number of ether oxygens (including phenoxy) is 1. The van der Waals surface area contributed by atoms with Crippen LogP contribution >= 0.6 is 0 Å². The summed E-state index contributed by atoms with van der Waals surface area (Å²) in [7, 11) is 3.84. The van der Waals surface area contributed by atoms with Gasteiger partial charge in [0.2, 0.25) is 0 Å². The Labute approximate surface area is 180 Å². The Morgan fingerprint density at radius 3 is 2.40 bits per heavy atom. The molecule has 0 saturated carbocycles. The molecule has 0 saturated heterocycles. The molecule has 0 aliphatic heterocycles. The van der Waals surface area contributed by atoms with Gasteiger partial charge in [-0.3, -0.25) is 0 Å². The van der Waals surface area contributed by atoms with E-state index in [4.69, 9.17) is 15.5 Å². The molecule has 5 heteroatoms. The van der Waals surface area contributed by atoms with Crippen LogP contribution in [0.15, 0.2) is 42.5 Å². The zero-order chi connectivity index (χ0) is 21.5. The van der Waals surface area contributed by atoms with Crippen LogP contribution in [0.1, 0.15) is 24.0 Å². The fourth-order valence-corrected chi connectivity index (χ4v) is 3.59. The number of pyridine rings is 1. The summed E-state index contributed by atoms with van der Waals surface area (Å²) in [6.07, 6.45) is 2.12. The third-order valence-corrected chi connectivity index (χ3v) is 5.59. The summed E-state index contributed by atoms with van der Waals surface area (Å²) in [5.41, 5.74) is 12.4. The summed E-state index contributed by atoms with van der Waals surface area (Å²) in [6, 6.07) is 14.7. The monoisotopic (exact) mass is 406 g/mol. The van der Waals surface area contributed by atoms with E-state index < -0.39 is 0 Å². The lowest BCUT2D eigenvalue weighted by atomic mass is 10.0. The molecule has 2 aromatic carbocycles. The van der Waals surface area contributed by atoms with Crippen LogP contribution in [0.25, 0.3) is 22.2 Å². The van der Waals surface area contributed by atoms with Crippen molar-refractivity contribution in [2.24, 2.45) is 5.73 Å². The lowest BCUT2D eigenvalue weighted by Crippen LogP contribution is -2.24. The Morgan fingerprint density at radius 2 is 1.70 bits per heavy atom. The number of benzene rings is 2. The number of methoxy groups -OCH3 is 1. The van der Waals surface area contributed by atoms with Gasteiger partial charge in [0.15, 0.2) is 0 Å². The number of rotatable bonds is 10. The molecule has 0 amide bonds. The van der Waals surface area contributed by atoms with Crippen molar-refractivity contribution in [2.45, 2.75) is 26.7 Å². The van der Waals surface area contributed by atoms with E-state index in [0.29, 0.717) is 0 Å². The number of aryl methyl sites for hydroxylation is 2. The van der Waals surface area contributed by atoms with Gasteiger partial charge in [-0.05, 0) is 107 Å². The lowest BCUT2D eigenvalue weighted by molar-refractivity contribution is 0.330. The molecule has 0 atom stereocenters. The smallest absolute Gasteiger partial charge is 0.118 e. The van der Waals surface area contributed by atoms with E-state index in [1.807, 2.05) is 12.1 Å². The maximum absolute atomic E-state index is 5.61. The van der Waals surface area contributed by atoms with Crippen LogP contribution in [-0.2, 0) is 0 Å². The van der Waals surface area contributed by atoms with Crippen molar-refractivity contribution in [3.05, 3.63) is 53.6 Å². The van der Waals surface area contributed by atoms with E-state index in [9.17, 15) is 0 Å².